The smallest absolute Gasteiger partial charge is 0.265 e. The van der Waals surface area contributed by atoms with Gasteiger partial charge in [0, 0.05) is 22.8 Å². The lowest BCUT2D eigenvalue weighted by molar-refractivity contribution is -0.121. The zero-order chi connectivity index (χ0) is 21.7. The van der Waals surface area contributed by atoms with E-state index in [0.29, 0.717) is 34.3 Å². The number of benzene rings is 2. The quantitative estimate of drug-likeness (QED) is 0.607. The van der Waals surface area contributed by atoms with Crippen molar-refractivity contribution >= 4 is 52.3 Å². The van der Waals surface area contributed by atoms with Crippen LogP contribution in [-0.2, 0) is 9.59 Å². The summed E-state index contributed by atoms with van der Waals surface area (Å²) in [5.74, 6) is 0.332. The van der Waals surface area contributed by atoms with Crippen molar-refractivity contribution in [2.75, 3.05) is 29.1 Å². The summed E-state index contributed by atoms with van der Waals surface area (Å²) in [6, 6.07) is 12.0. The van der Waals surface area contributed by atoms with Crippen LogP contribution in [0.5, 0.6) is 5.75 Å². The Hall–Kier alpha value is -2.51. The second-order valence-electron chi connectivity index (χ2n) is 6.89. The maximum absolute atomic E-state index is 12.9. The van der Waals surface area contributed by atoms with Crippen LogP contribution in [0.15, 0.2) is 42.5 Å². The Morgan fingerprint density at radius 2 is 1.97 bits per heavy atom. The summed E-state index contributed by atoms with van der Waals surface area (Å²) in [4.78, 5) is 38.9. The Bertz CT molecular complexity index is 949. The summed E-state index contributed by atoms with van der Waals surface area (Å²) in [5.41, 5.74) is 1.77. The molecule has 0 aliphatic carbocycles. The predicted octanol–water partition coefficient (Wildman–Crippen LogP) is 4.42. The molecule has 1 heterocycles. The van der Waals surface area contributed by atoms with Gasteiger partial charge in [0.05, 0.1) is 16.7 Å². The van der Waals surface area contributed by atoms with Gasteiger partial charge in [-0.05, 0) is 55.8 Å². The minimum absolute atomic E-state index is 0.00921. The van der Waals surface area contributed by atoms with Gasteiger partial charge < -0.3 is 15.0 Å². The lowest BCUT2D eigenvalue weighted by Crippen LogP contribution is -2.39. The Morgan fingerprint density at radius 1 is 1.23 bits per heavy atom. The van der Waals surface area contributed by atoms with Crippen LogP contribution in [0.2, 0.25) is 5.02 Å². The molecule has 8 heteroatoms. The summed E-state index contributed by atoms with van der Waals surface area (Å²) >= 11 is 7.10. The van der Waals surface area contributed by atoms with Gasteiger partial charge in [-0.15, -0.1) is 11.8 Å². The van der Waals surface area contributed by atoms with Crippen molar-refractivity contribution < 1.29 is 19.1 Å². The molecule has 0 saturated heterocycles. The molecule has 2 aromatic rings. The zero-order valence-corrected chi connectivity index (χ0v) is 18.4. The molecular weight excluding hydrogens is 424 g/mol. The Labute approximate surface area is 184 Å². The molecular formula is C22H23ClN2O4S. The maximum atomic E-state index is 12.9. The number of halogens is 1. The molecule has 30 heavy (non-hydrogen) atoms. The van der Waals surface area contributed by atoms with Crippen LogP contribution in [0.25, 0.3) is 0 Å². The topological polar surface area (TPSA) is 75.7 Å². The monoisotopic (exact) mass is 446 g/mol. The number of Topliss-reactive ketones (excluding diaryl/α,β-unsaturated/α-hetero) is 1. The first-order valence-electron chi connectivity index (χ1n) is 9.67. The fourth-order valence-corrected chi connectivity index (χ4v) is 3.95. The zero-order valence-electron chi connectivity index (χ0n) is 16.8. The summed E-state index contributed by atoms with van der Waals surface area (Å²) in [6.07, 6.45) is 0.804. The number of thioether (sulfide) groups is 1. The lowest BCUT2D eigenvalue weighted by atomic mass is 10.1. The Morgan fingerprint density at radius 3 is 2.67 bits per heavy atom. The summed E-state index contributed by atoms with van der Waals surface area (Å²) < 4.78 is 5.48. The van der Waals surface area contributed by atoms with Crippen molar-refractivity contribution in [1.29, 1.82) is 0 Å². The first-order valence-corrected chi connectivity index (χ1v) is 11.1. The molecule has 2 aromatic carbocycles. The number of carbonyl (C=O) groups excluding carboxylic acids is 3. The van der Waals surface area contributed by atoms with E-state index in [1.807, 2.05) is 6.92 Å². The number of ether oxygens (including phenoxy) is 1. The van der Waals surface area contributed by atoms with Gasteiger partial charge in [0.2, 0.25) is 5.91 Å². The van der Waals surface area contributed by atoms with Crippen molar-refractivity contribution in [2.45, 2.75) is 25.5 Å². The number of fused-ring (bicyclic) bond motifs is 1. The van der Waals surface area contributed by atoms with Crippen LogP contribution in [0.1, 0.15) is 30.6 Å². The number of anilines is 2. The van der Waals surface area contributed by atoms with Crippen molar-refractivity contribution in [1.82, 2.24) is 0 Å². The number of amides is 2. The molecule has 1 aliphatic heterocycles. The lowest BCUT2D eigenvalue weighted by Gasteiger charge is -2.29. The average Bonchev–Trinajstić information content (AvgIpc) is 2.75. The van der Waals surface area contributed by atoms with Gasteiger partial charge in [0.25, 0.3) is 5.91 Å². The van der Waals surface area contributed by atoms with E-state index in [1.54, 1.807) is 54.3 Å². The highest BCUT2D eigenvalue weighted by Gasteiger charge is 2.27. The van der Waals surface area contributed by atoms with Gasteiger partial charge in [-0.1, -0.05) is 18.5 Å². The van der Waals surface area contributed by atoms with E-state index in [-0.39, 0.29) is 30.0 Å². The van der Waals surface area contributed by atoms with Crippen molar-refractivity contribution in [3.63, 3.8) is 0 Å². The molecule has 158 valence electrons. The first kappa shape index (κ1) is 22.2. The largest absolute Gasteiger partial charge is 0.482 e. The normalized spacial score (nSPS) is 14.0. The molecule has 0 spiro atoms. The molecule has 0 fully saturated rings. The van der Waals surface area contributed by atoms with Crippen molar-refractivity contribution in [3.8, 4) is 5.75 Å². The average molecular weight is 447 g/mol. The molecule has 1 N–H and O–H groups in total. The van der Waals surface area contributed by atoms with Crippen LogP contribution in [0.3, 0.4) is 0 Å². The highest BCUT2D eigenvalue weighted by molar-refractivity contribution is 8.01. The molecule has 1 aliphatic rings. The molecule has 0 aromatic heterocycles. The second kappa shape index (κ2) is 10.00. The van der Waals surface area contributed by atoms with Gasteiger partial charge in [-0.25, -0.2) is 0 Å². The highest BCUT2D eigenvalue weighted by Crippen LogP contribution is 2.34. The van der Waals surface area contributed by atoms with E-state index >= 15 is 0 Å². The SMILES string of the molecule is CCCN1C(=O)COc2ccc(C(=O)C(C)SCC(=O)Nc3ccc(Cl)cc3)cc21. The van der Waals surface area contributed by atoms with Crippen molar-refractivity contribution in [3.05, 3.63) is 53.1 Å². The minimum Gasteiger partial charge on any atom is -0.482 e. The maximum Gasteiger partial charge on any atom is 0.265 e. The van der Waals surface area contributed by atoms with Crippen LogP contribution in [0, 0.1) is 0 Å². The van der Waals surface area contributed by atoms with Crippen molar-refractivity contribution in [2.24, 2.45) is 0 Å². The van der Waals surface area contributed by atoms with Crippen LogP contribution in [-0.4, -0.2) is 41.8 Å². The standard InChI is InChI=1S/C22H23ClN2O4S/c1-3-10-25-18-11-15(4-9-19(18)29-12-21(25)27)22(28)14(2)30-13-20(26)24-17-7-5-16(23)6-8-17/h4-9,11,14H,3,10,12-13H2,1-2H3,(H,24,26). The molecule has 1 unspecified atom stereocenters. The van der Waals surface area contributed by atoms with E-state index in [1.165, 1.54) is 11.8 Å². The van der Waals surface area contributed by atoms with E-state index in [9.17, 15) is 14.4 Å². The summed E-state index contributed by atoms with van der Waals surface area (Å²) in [7, 11) is 0. The molecule has 3 rings (SSSR count). The molecule has 0 radical (unpaired) electrons. The number of carbonyl (C=O) groups is 3. The molecule has 6 nitrogen and oxygen atoms in total. The van der Waals surface area contributed by atoms with E-state index in [4.69, 9.17) is 16.3 Å². The highest BCUT2D eigenvalue weighted by atomic mass is 35.5. The molecule has 0 bridgehead atoms. The number of hydrogen-bond acceptors (Lipinski definition) is 5. The molecule has 0 saturated carbocycles. The second-order valence-corrected chi connectivity index (χ2v) is 8.65. The number of hydrogen-bond donors (Lipinski definition) is 1. The third-order valence-corrected chi connectivity index (χ3v) is 5.99. The van der Waals surface area contributed by atoms with Gasteiger partial charge in [-0.3, -0.25) is 14.4 Å². The van der Waals surface area contributed by atoms with E-state index in [0.717, 1.165) is 6.42 Å². The van der Waals surface area contributed by atoms with Gasteiger partial charge in [0.1, 0.15) is 5.75 Å². The van der Waals surface area contributed by atoms with E-state index in [2.05, 4.69) is 5.32 Å². The van der Waals surface area contributed by atoms with Gasteiger partial charge in [-0.2, -0.15) is 0 Å². The van der Waals surface area contributed by atoms with Gasteiger partial charge in [0.15, 0.2) is 12.4 Å². The third kappa shape index (κ3) is 5.34. The van der Waals surface area contributed by atoms with Crippen LogP contribution in [0.4, 0.5) is 11.4 Å². The molecule has 1 atom stereocenters. The first-order chi connectivity index (χ1) is 14.4. The third-order valence-electron chi connectivity index (χ3n) is 4.60. The number of ketones is 1. The number of nitrogens with zero attached hydrogens (tertiary/aromatic N) is 1. The van der Waals surface area contributed by atoms with Gasteiger partial charge >= 0.3 is 0 Å². The van der Waals surface area contributed by atoms with Crippen LogP contribution >= 0.6 is 23.4 Å². The molecule has 2 amide bonds. The number of nitrogens with one attached hydrogen (secondary N) is 1. The summed E-state index contributed by atoms with van der Waals surface area (Å²) in [6.45, 7) is 4.34. The van der Waals surface area contributed by atoms with Crippen LogP contribution < -0.4 is 15.0 Å². The van der Waals surface area contributed by atoms with E-state index < -0.39 is 5.25 Å². The Kier molecular flexibility index (Phi) is 7.39. The predicted molar refractivity (Wildman–Crippen MR) is 121 cm³/mol. The fraction of sp³-hybridized carbons (Fsp3) is 0.318. The summed E-state index contributed by atoms with van der Waals surface area (Å²) in [5, 5.41) is 2.95. The minimum atomic E-state index is -0.418. The number of rotatable bonds is 8. The fourth-order valence-electron chi connectivity index (χ4n) is 3.07. The Balaban J connectivity index is 1.62.